The van der Waals surface area contributed by atoms with E-state index < -0.39 is 6.61 Å². The zero-order valence-corrected chi connectivity index (χ0v) is 18.1. The number of benzene rings is 2. The fourth-order valence-corrected chi connectivity index (χ4v) is 3.08. The molecule has 0 bridgehead atoms. The van der Waals surface area contributed by atoms with Crippen LogP contribution in [0.4, 0.5) is 8.78 Å². The van der Waals surface area contributed by atoms with Gasteiger partial charge in [-0.15, -0.1) is 0 Å². The number of rotatable bonds is 10. The normalized spacial score (nSPS) is 11.5. The van der Waals surface area contributed by atoms with Gasteiger partial charge < -0.3 is 20.1 Å². The van der Waals surface area contributed by atoms with Gasteiger partial charge in [-0.1, -0.05) is 18.2 Å². The van der Waals surface area contributed by atoms with Gasteiger partial charge in [-0.2, -0.15) is 13.9 Å². The van der Waals surface area contributed by atoms with Gasteiger partial charge in [0.05, 0.1) is 19.3 Å². The van der Waals surface area contributed by atoms with Crippen LogP contribution in [0.25, 0.3) is 5.69 Å². The molecule has 0 atom stereocenters. The predicted molar refractivity (Wildman–Crippen MR) is 120 cm³/mol. The first-order valence-corrected chi connectivity index (χ1v) is 10.3. The molecule has 32 heavy (non-hydrogen) atoms. The van der Waals surface area contributed by atoms with Gasteiger partial charge in [0.15, 0.2) is 17.5 Å². The minimum atomic E-state index is -2.92. The van der Waals surface area contributed by atoms with Crippen molar-refractivity contribution in [3.63, 3.8) is 0 Å². The van der Waals surface area contributed by atoms with Crippen LogP contribution < -0.4 is 20.1 Å². The first-order valence-electron chi connectivity index (χ1n) is 10.3. The van der Waals surface area contributed by atoms with Crippen molar-refractivity contribution in [2.45, 2.75) is 26.5 Å². The third-order valence-electron chi connectivity index (χ3n) is 4.62. The second kappa shape index (κ2) is 11.7. The topological polar surface area (TPSA) is 72.7 Å². The van der Waals surface area contributed by atoms with Crippen LogP contribution in [0.15, 0.2) is 65.9 Å². The summed E-state index contributed by atoms with van der Waals surface area (Å²) in [5.41, 5.74) is 2.93. The molecule has 1 aromatic heterocycles. The van der Waals surface area contributed by atoms with Gasteiger partial charge in [0, 0.05) is 25.5 Å². The van der Waals surface area contributed by atoms with Crippen molar-refractivity contribution in [2.24, 2.45) is 4.99 Å². The highest BCUT2D eigenvalue weighted by atomic mass is 19.3. The van der Waals surface area contributed by atoms with Crippen molar-refractivity contribution in [3.05, 3.63) is 72.1 Å². The summed E-state index contributed by atoms with van der Waals surface area (Å²) in [6, 6.07) is 15.0. The number of hydrogen-bond donors (Lipinski definition) is 2. The molecule has 3 aromatic rings. The van der Waals surface area contributed by atoms with Crippen molar-refractivity contribution >= 4 is 5.96 Å². The smallest absolute Gasteiger partial charge is 0.387 e. The minimum Gasteiger partial charge on any atom is -0.493 e. The Morgan fingerprint density at radius 2 is 1.88 bits per heavy atom. The van der Waals surface area contributed by atoms with Crippen LogP contribution in [0.3, 0.4) is 0 Å². The Kier molecular flexibility index (Phi) is 8.42. The quantitative estimate of drug-likeness (QED) is 0.369. The standard InChI is InChI=1S/C23H27F2N5O2/c1-3-26-23(28-16-18-7-10-20(31-2)21(15-18)32-22(24)25)27-13-11-17-5-8-19(9-6-17)30-14-4-12-29-30/h4-10,12,14-15,22H,3,11,13,16H2,1-2H3,(H2,26,27,28). The van der Waals surface area contributed by atoms with Crippen molar-refractivity contribution < 1.29 is 18.3 Å². The number of nitrogens with zero attached hydrogens (tertiary/aromatic N) is 3. The van der Waals surface area contributed by atoms with Crippen LogP contribution in [0.5, 0.6) is 11.5 Å². The second-order valence-corrected chi connectivity index (χ2v) is 6.85. The molecule has 0 fully saturated rings. The highest BCUT2D eigenvalue weighted by molar-refractivity contribution is 5.79. The molecule has 2 N–H and O–H groups in total. The number of hydrogen-bond acceptors (Lipinski definition) is 4. The van der Waals surface area contributed by atoms with Crippen molar-refractivity contribution in [1.82, 2.24) is 20.4 Å². The Bertz CT molecular complexity index is 992. The molecule has 0 radical (unpaired) electrons. The van der Waals surface area contributed by atoms with E-state index in [0.29, 0.717) is 25.6 Å². The Balaban J connectivity index is 1.57. The summed E-state index contributed by atoms with van der Waals surface area (Å²) in [7, 11) is 1.41. The summed E-state index contributed by atoms with van der Waals surface area (Å²) in [5.74, 6) is 0.890. The van der Waals surface area contributed by atoms with E-state index in [-0.39, 0.29) is 11.5 Å². The number of guanidine groups is 1. The maximum atomic E-state index is 12.6. The van der Waals surface area contributed by atoms with E-state index in [1.54, 1.807) is 18.3 Å². The summed E-state index contributed by atoms with van der Waals surface area (Å²) < 4.78 is 36.7. The van der Waals surface area contributed by atoms with Crippen LogP contribution in [-0.2, 0) is 13.0 Å². The molecule has 0 aliphatic heterocycles. The van der Waals surface area contributed by atoms with E-state index >= 15 is 0 Å². The largest absolute Gasteiger partial charge is 0.493 e. The summed E-state index contributed by atoms with van der Waals surface area (Å²) in [6.45, 7) is 0.752. The summed E-state index contributed by atoms with van der Waals surface area (Å²) in [6.07, 6.45) is 4.47. The lowest BCUT2D eigenvalue weighted by Gasteiger charge is -2.13. The number of aromatic nitrogens is 2. The van der Waals surface area contributed by atoms with Gasteiger partial charge in [0.2, 0.25) is 0 Å². The molecule has 170 valence electrons. The van der Waals surface area contributed by atoms with Crippen LogP contribution in [-0.4, -0.2) is 42.6 Å². The Morgan fingerprint density at radius 1 is 1.09 bits per heavy atom. The van der Waals surface area contributed by atoms with Crippen LogP contribution in [0, 0.1) is 0 Å². The van der Waals surface area contributed by atoms with Crippen LogP contribution in [0.1, 0.15) is 18.1 Å². The fraction of sp³-hybridized carbons (Fsp3) is 0.304. The van der Waals surface area contributed by atoms with E-state index in [0.717, 1.165) is 17.7 Å². The van der Waals surface area contributed by atoms with Crippen molar-refractivity contribution in [2.75, 3.05) is 20.2 Å². The lowest BCUT2D eigenvalue weighted by molar-refractivity contribution is -0.0512. The van der Waals surface area contributed by atoms with Gasteiger partial charge in [0.25, 0.3) is 0 Å². The molecule has 1 heterocycles. The van der Waals surface area contributed by atoms with E-state index in [2.05, 4.69) is 37.6 Å². The predicted octanol–water partition coefficient (Wildman–Crippen LogP) is 3.78. The maximum Gasteiger partial charge on any atom is 0.387 e. The second-order valence-electron chi connectivity index (χ2n) is 6.85. The monoisotopic (exact) mass is 443 g/mol. The van der Waals surface area contributed by atoms with Crippen LogP contribution in [0.2, 0.25) is 0 Å². The lowest BCUT2D eigenvalue weighted by atomic mass is 10.1. The average molecular weight is 443 g/mol. The lowest BCUT2D eigenvalue weighted by Crippen LogP contribution is -2.38. The first kappa shape index (κ1) is 23.1. The number of methoxy groups -OCH3 is 1. The van der Waals surface area contributed by atoms with E-state index in [1.165, 1.54) is 18.7 Å². The van der Waals surface area contributed by atoms with E-state index in [9.17, 15) is 8.78 Å². The highest BCUT2D eigenvalue weighted by Gasteiger charge is 2.11. The van der Waals surface area contributed by atoms with Crippen molar-refractivity contribution in [1.29, 1.82) is 0 Å². The minimum absolute atomic E-state index is 0.00767. The zero-order chi connectivity index (χ0) is 22.8. The van der Waals surface area contributed by atoms with Gasteiger partial charge in [0.1, 0.15) is 0 Å². The molecular formula is C23H27F2N5O2. The Hall–Kier alpha value is -3.62. The molecule has 2 aromatic carbocycles. The summed E-state index contributed by atoms with van der Waals surface area (Å²) in [5, 5.41) is 10.7. The number of ether oxygens (including phenoxy) is 2. The van der Waals surface area contributed by atoms with Crippen molar-refractivity contribution in [3.8, 4) is 17.2 Å². The highest BCUT2D eigenvalue weighted by Crippen LogP contribution is 2.29. The molecule has 0 aliphatic rings. The molecule has 0 amide bonds. The number of aliphatic imine (C=N–C) groups is 1. The van der Waals surface area contributed by atoms with E-state index in [1.807, 2.05) is 36.0 Å². The molecule has 3 rings (SSSR count). The fourth-order valence-electron chi connectivity index (χ4n) is 3.08. The number of halogens is 2. The van der Waals surface area contributed by atoms with Gasteiger partial charge in [-0.25, -0.2) is 9.67 Å². The third-order valence-corrected chi connectivity index (χ3v) is 4.62. The van der Waals surface area contributed by atoms with E-state index in [4.69, 9.17) is 4.74 Å². The number of nitrogens with one attached hydrogen (secondary N) is 2. The molecular weight excluding hydrogens is 416 g/mol. The Morgan fingerprint density at radius 3 is 2.53 bits per heavy atom. The zero-order valence-electron chi connectivity index (χ0n) is 18.1. The average Bonchev–Trinajstić information content (AvgIpc) is 3.33. The molecule has 0 saturated heterocycles. The molecule has 7 nitrogen and oxygen atoms in total. The van der Waals surface area contributed by atoms with Gasteiger partial charge >= 0.3 is 6.61 Å². The molecule has 0 aliphatic carbocycles. The Labute approximate surface area is 186 Å². The van der Waals surface area contributed by atoms with Gasteiger partial charge in [-0.05, 0) is 54.8 Å². The third kappa shape index (κ3) is 6.69. The maximum absolute atomic E-state index is 12.6. The summed E-state index contributed by atoms with van der Waals surface area (Å²) >= 11 is 0. The van der Waals surface area contributed by atoms with Crippen LogP contribution >= 0.6 is 0 Å². The molecule has 0 saturated carbocycles. The first-order chi connectivity index (χ1) is 15.6. The molecule has 0 unspecified atom stereocenters. The molecule has 0 spiro atoms. The SMILES string of the molecule is CCNC(=NCc1ccc(OC)c(OC(F)F)c1)NCCc1ccc(-n2cccn2)cc1. The summed E-state index contributed by atoms with van der Waals surface area (Å²) in [4.78, 5) is 4.54. The number of alkyl halides is 2. The molecule has 9 heteroatoms. The van der Waals surface area contributed by atoms with Gasteiger partial charge in [-0.3, -0.25) is 0 Å².